The molecule has 0 radical (unpaired) electrons. The number of aliphatic carboxylic acids is 1. The quantitative estimate of drug-likeness (QED) is 0.111. The third kappa shape index (κ3) is 6.55. The van der Waals surface area contributed by atoms with E-state index < -0.39 is 116 Å². The lowest BCUT2D eigenvalue weighted by Gasteiger charge is -2.47. The summed E-state index contributed by atoms with van der Waals surface area (Å²) in [6.07, 6.45) is -17.7. The van der Waals surface area contributed by atoms with Crippen LogP contribution in [0.4, 0.5) is 0 Å². The molecule has 2 fully saturated rings. The highest BCUT2D eigenvalue weighted by atomic mass is 16.8. The van der Waals surface area contributed by atoms with Crippen LogP contribution >= 0.6 is 0 Å². The maximum absolute atomic E-state index is 13.0. The largest absolute Gasteiger partial charge is 0.476 e. The number of carboxylic acids is 1. The van der Waals surface area contributed by atoms with Crippen molar-refractivity contribution in [2.45, 2.75) is 92.3 Å². The molecule has 13 N–H and O–H groups in total. The van der Waals surface area contributed by atoms with Crippen molar-refractivity contribution in [3.8, 4) is 0 Å². The van der Waals surface area contributed by atoms with Crippen LogP contribution in [0, 0.1) is 0 Å². The number of amides is 1. The van der Waals surface area contributed by atoms with E-state index in [2.05, 4.69) is 5.32 Å². The Morgan fingerprint density at radius 2 is 1.50 bits per heavy atom. The van der Waals surface area contributed by atoms with Crippen LogP contribution in [-0.4, -0.2) is 155 Å². The van der Waals surface area contributed by atoms with E-state index in [1.54, 1.807) is 0 Å². The summed E-state index contributed by atoms with van der Waals surface area (Å²) in [5.41, 5.74) is 5.73. The predicted molar refractivity (Wildman–Crippen MR) is 116 cm³/mol. The Morgan fingerprint density at radius 3 is 1.97 bits per heavy atom. The molecule has 0 aromatic rings. The van der Waals surface area contributed by atoms with Gasteiger partial charge in [0.25, 0.3) is 5.79 Å². The van der Waals surface area contributed by atoms with Gasteiger partial charge in [0, 0.05) is 13.3 Å². The molecule has 0 saturated carbocycles. The van der Waals surface area contributed by atoms with Gasteiger partial charge >= 0.3 is 17.7 Å². The second-order valence-electron chi connectivity index (χ2n) is 9.22. The summed E-state index contributed by atoms with van der Waals surface area (Å²) in [5.74, 6) is -11.1. The summed E-state index contributed by atoms with van der Waals surface area (Å²) in [6, 6.07) is -3.07. The Bertz CT molecular complexity index is 863. The molecule has 2 aliphatic rings. The SMILES string of the molecule is CC(=O)N[C@H]1[C@H]([C@H](O)[C@H](O)CO)O[C@](O)(C(=O)O[C@@]2(C(=O)O)C[C@H](O)[C@@H](N)[C@H]([C@H](O)[C@H](O)CO)O2)C[C@@H]1O. The van der Waals surface area contributed by atoms with Crippen LogP contribution in [0.2, 0.25) is 0 Å². The number of carbonyl (C=O) groups excluding carboxylic acids is 2. The molecule has 18 heteroatoms. The van der Waals surface area contributed by atoms with Gasteiger partial charge < -0.3 is 76.3 Å². The van der Waals surface area contributed by atoms with Gasteiger partial charge in [0.2, 0.25) is 5.91 Å². The van der Waals surface area contributed by atoms with Crippen LogP contribution in [0.25, 0.3) is 0 Å². The fraction of sp³-hybridized carbons (Fsp3) is 0.850. The maximum Gasteiger partial charge on any atom is 0.377 e. The van der Waals surface area contributed by atoms with Crippen molar-refractivity contribution < 1.29 is 79.7 Å². The topological polar surface area (TPSA) is 319 Å². The summed E-state index contributed by atoms with van der Waals surface area (Å²) < 4.78 is 15.2. The highest BCUT2D eigenvalue weighted by Crippen LogP contribution is 2.37. The first kappa shape index (κ1) is 32.1. The molecule has 220 valence electrons. The molecule has 38 heavy (non-hydrogen) atoms. The molecule has 2 aliphatic heterocycles. The fourth-order valence-electron chi connectivity index (χ4n) is 4.21. The molecule has 0 aromatic carbocycles. The van der Waals surface area contributed by atoms with E-state index in [1.807, 2.05) is 0 Å². The number of hydrogen-bond donors (Lipinski definition) is 12. The highest BCUT2D eigenvalue weighted by Gasteiger charge is 2.61. The van der Waals surface area contributed by atoms with E-state index >= 15 is 0 Å². The van der Waals surface area contributed by atoms with Crippen LogP contribution in [0.5, 0.6) is 0 Å². The number of esters is 1. The molecular formula is C20H34N2O16. The van der Waals surface area contributed by atoms with E-state index in [4.69, 9.17) is 30.2 Å². The maximum atomic E-state index is 13.0. The Labute approximate surface area is 214 Å². The predicted octanol–water partition coefficient (Wildman–Crippen LogP) is -7.44. The molecule has 2 saturated heterocycles. The average Bonchev–Trinajstić information content (AvgIpc) is 2.85. The van der Waals surface area contributed by atoms with Gasteiger partial charge in [-0.25, -0.2) is 9.59 Å². The Balaban J connectivity index is 2.40. The number of ether oxygens (including phenoxy) is 3. The lowest BCUT2D eigenvalue weighted by molar-refractivity contribution is -0.331. The molecule has 18 nitrogen and oxygen atoms in total. The lowest BCUT2D eigenvalue weighted by Crippen LogP contribution is -2.70. The number of hydrogen-bond acceptors (Lipinski definition) is 16. The minimum atomic E-state index is -3.25. The summed E-state index contributed by atoms with van der Waals surface area (Å²) in [4.78, 5) is 36.7. The van der Waals surface area contributed by atoms with Crippen LogP contribution in [0.3, 0.4) is 0 Å². The molecule has 12 atom stereocenters. The first-order valence-corrected chi connectivity index (χ1v) is 11.4. The number of nitrogens with one attached hydrogen (secondary N) is 1. The van der Waals surface area contributed by atoms with Crippen molar-refractivity contribution in [2.24, 2.45) is 5.73 Å². The van der Waals surface area contributed by atoms with Crippen molar-refractivity contribution >= 4 is 17.8 Å². The second kappa shape index (κ2) is 12.4. The van der Waals surface area contributed by atoms with E-state index in [9.17, 15) is 55.2 Å². The molecule has 0 aliphatic carbocycles. The Kier molecular flexibility index (Phi) is 10.5. The first-order valence-electron chi connectivity index (χ1n) is 11.4. The lowest BCUT2D eigenvalue weighted by atomic mass is 9.88. The zero-order valence-corrected chi connectivity index (χ0v) is 20.1. The first-order chi connectivity index (χ1) is 17.5. The summed E-state index contributed by atoms with van der Waals surface area (Å²) in [7, 11) is 0. The van der Waals surface area contributed by atoms with Crippen molar-refractivity contribution in [1.29, 1.82) is 0 Å². The zero-order chi connectivity index (χ0) is 29.2. The van der Waals surface area contributed by atoms with Crippen molar-refractivity contribution in [2.75, 3.05) is 13.2 Å². The monoisotopic (exact) mass is 558 g/mol. The van der Waals surface area contributed by atoms with Gasteiger partial charge in [-0.3, -0.25) is 4.79 Å². The van der Waals surface area contributed by atoms with E-state index in [1.165, 1.54) is 0 Å². The molecule has 0 unspecified atom stereocenters. The van der Waals surface area contributed by atoms with Gasteiger partial charge in [0.15, 0.2) is 0 Å². The van der Waals surface area contributed by atoms with Gasteiger partial charge in [-0.05, 0) is 0 Å². The van der Waals surface area contributed by atoms with Crippen molar-refractivity contribution in [3.63, 3.8) is 0 Å². The van der Waals surface area contributed by atoms with Crippen LogP contribution in [-0.2, 0) is 28.6 Å². The van der Waals surface area contributed by atoms with Gasteiger partial charge in [0.05, 0.1) is 43.9 Å². The van der Waals surface area contributed by atoms with Crippen LogP contribution in [0.15, 0.2) is 0 Å². The van der Waals surface area contributed by atoms with Crippen LogP contribution in [0.1, 0.15) is 19.8 Å². The fourth-order valence-corrected chi connectivity index (χ4v) is 4.21. The third-order valence-electron chi connectivity index (χ3n) is 6.32. The Morgan fingerprint density at radius 1 is 0.974 bits per heavy atom. The minimum Gasteiger partial charge on any atom is -0.476 e. The number of rotatable bonds is 10. The van der Waals surface area contributed by atoms with Gasteiger partial charge in [0.1, 0.15) is 36.6 Å². The summed E-state index contributed by atoms with van der Waals surface area (Å²) >= 11 is 0. The minimum absolute atomic E-state index is 0.748. The number of carboxylic acid groups (broad SMARTS) is 1. The van der Waals surface area contributed by atoms with Gasteiger partial charge in [-0.15, -0.1) is 0 Å². The molecule has 0 spiro atoms. The molecule has 2 heterocycles. The van der Waals surface area contributed by atoms with Gasteiger partial charge in [-0.2, -0.15) is 0 Å². The molecule has 2 rings (SSSR count). The number of nitrogens with two attached hydrogens (primary N) is 1. The average molecular weight is 558 g/mol. The van der Waals surface area contributed by atoms with Crippen molar-refractivity contribution in [3.05, 3.63) is 0 Å². The normalized spacial score (nSPS) is 38.9. The van der Waals surface area contributed by atoms with E-state index in [0.717, 1.165) is 6.92 Å². The molecule has 0 bridgehead atoms. The smallest absolute Gasteiger partial charge is 0.377 e. The molecule has 0 aromatic heterocycles. The third-order valence-corrected chi connectivity index (χ3v) is 6.32. The number of aliphatic hydroxyl groups excluding tert-OH is 8. The molecular weight excluding hydrogens is 524 g/mol. The number of carbonyl (C=O) groups is 3. The van der Waals surface area contributed by atoms with E-state index in [-0.39, 0.29) is 0 Å². The van der Waals surface area contributed by atoms with Crippen LogP contribution < -0.4 is 11.1 Å². The van der Waals surface area contributed by atoms with E-state index in [0.29, 0.717) is 0 Å². The second-order valence-corrected chi connectivity index (χ2v) is 9.22. The zero-order valence-electron chi connectivity index (χ0n) is 20.1. The number of aliphatic hydroxyl groups is 9. The van der Waals surface area contributed by atoms with Crippen molar-refractivity contribution in [1.82, 2.24) is 5.32 Å². The highest BCUT2D eigenvalue weighted by molar-refractivity contribution is 5.84. The summed E-state index contributed by atoms with van der Waals surface area (Å²) in [6.45, 7) is -1.03. The Hall–Kier alpha value is -2.07. The standard InChI is InChI=1S/C20H34N2O16/c1-6(25)22-12-8(27)2-19(35,36-16(12)14(31)10(29)5-24)18(34)38-20(17(32)33)3-7(26)11(21)15(37-20)13(30)9(28)4-23/h7-16,23-24,26-31,35H,2-5,21H2,1H3,(H,22,25)(H,32,33)/t7-,8-,9+,10+,11+,12+,13+,14+,15+,16+,19-,20+/m0/s1. The molecule has 1 amide bonds. The summed E-state index contributed by atoms with van der Waals surface area (Å²) in [5, 5.41) is 102. The van der Waals surface area contributed by atoms with Gasteiger partial charge in [-0.1, -0.05) is 0 Å².